The van der Waals surface area contributed by atoms with E-state index in [4.69, 9.17) is 0 Å². The molecule has 2 aliphatic carbocycles. The molecule has 0 atom stereocenters. The van der Waals surface area contributed by atoms with E-state index in [0.29, 0.717) is 0 Å². The SMILES string of the molecule is O=C(O)C1(CC2(c3ccccc3)CCCC2)CC1. The van der Waals surface area contributed by atoms with Crippen LogP contribution in [0.15, 0.2) is 30.3 Å². The van der Waals surface area contributed by atoms with Gasteiger partial charge in [-0.05, 0) is 43.1 Å². The number of carbonyl (C=O) groups is 1. The van der Waals surface area contributed by atoms with Crippen LogP contribution in [-0.2, 0) is 10.2 Å². The number of carboxylic acid groups (broad SMARTS) is 1. The van der Waals surface area contributed by atoms with E-state index in [1.165, 1.54) is 18.4 Å². The molecule has 0 aliphatic heterocycles. The van der Waals surface area contributed by atoms with Gasteiger partial charge in [-0.15, -0.1) is 0 Å². The largest absolute Gasteiger partial charge is 0.481 e. The number of rotatable bonds is 4. The fourth-order valence-corrected chi connectivity index (χ4v) is 3.68. The lowest BCUT2D eigenvalue weighted by Gasteiger charge is -2.32. The van der Waals surface area contributed by atoms with Crippen LogP contribution >= 0.6 is 0 Å². The molecule has 2 nitrogen and oxygen atoms in total. The normalized spacial score (nSPS) is 23.8. The van der Waals surface area contributed by atoms with Crippen molar-refractivity contribution >= 4 is 5.97 Å². The molecule has 0 bridgehead atoms. The quantitative estimate of drug-likeness (QED) is 0.875. The number of hydrogen-bond acceptors (Lipinski definition) is 1. The monoisotopic (exact) mass is 244 g/mol. The summed E-state index contributed by atoms with van der Waals surface area (Å²) < 4.78 is 0. The second kappa shape index (κ2) is 4.11. The first-order valence-electron chi connectivity index (χ1n) is 6.96. The number of carboxylic acids is 1. The molecule has 2 fully saturated rings. The fourth-order valence-electron chi connectivity index (χ4n) is 3.68. The van der Waals surface area contributed by atoms with Crippen LogP contribution in [0.3, 0.4) is 0 Å². The summed E-state index contributed by atoms with van der Waals surface area (Å²) in [6.07, 6.45) is 7.39. The van der Waals surface area contributed by atoms with Gasteiger partial charge in [0.25, 0.3) is 0 Å². The molecule has 3 rings (SSSR count). The summed E-state index contributed by atoms with van der Waals surface area (Å²) in [7, 11) is 0. The summed E-state index contributed by atoms with van der Waals surface area (Å²) in [5.41, 5.74) is 1.09. The first-order valence-corrected chi connectivity index (χ1v) is 6.96. The molecule has 2 heteroatoms. The summed E-state index contributed by atoms with van der Waals surface area (Å²) >= 11 is 0. The maximum Gasteiger partial charge on any atom is 0.309 e. The lowest BCUT2D eigenvalue weighted by molar-refractivity contribution is -0.144. The minimum Gasteiger partial charge on any atom is -0.481 e. The maximum absolute atomic E-state index is 11.4. The summed E-state index contributed by atoms with van der Waals surface area (Å²) in [5.74, 6) is -0.579. The van der Waals surface area contributed by atoms with Crippen LogP contribution in [0.5, 0.6) is 0 Å². The van der Waals surface area contributed by atoms with E-state index in [1.54, 1.807) is 0 Å². The third-order valence-electron chi connectivity index (χ3n) is 4.93. The Balaban J connectivity index is 1.91. The molecule has 2 saturated carbocycles. The molecule has 0 aromatic heterocycles. The van der Waals surface area contributed by atoms with Crippen LogP contribution in [0.1, 0.15) is 50.5 Å². The van der Waals surface area contributed by atoms with Crippen LogP contribution < -0.4 is 0 Å². The predicted octanol–water partition coefficient (Wildman–Crippen LogP) is 3.75. The van der Waals surface area contributed by atoms with E-state index in [1.807, 2.05) is 6.07 Å². The van der Waals surface area contributed by atoms with Crippen molar-refractivity contribution in [3.05, 3.63) is 35.9 Å². The second-order valence-electron chi connectivity index (χ2n) is 6.12. The summed E-state index contributed by atoms with van der Waals surface area (Å²) in [4.78, 5) is 11.4. The van der Waals surface area contributed by atoms with Crippen molar-refractivity contribution in [2.24, 2.45) is 5.41 Å². The van der Waals surface area contributed by atoms with E-state index in [2.05, 4.69) is 24.3 Å². The zero-order valence-electron chi connectivity index (χ0n) is 10.7. The highest BCUT2D eigenvalue weighted by Gasteiger charge is 2.55. The first-order chi connectivity index (χ1) is 8.67. The lowest BCUT2D eigenvalue weighted by atomic mass is 9.71. The van der Waals surface area contributed by atoms with Crippen molar-refractivity contribution in [2.75, 3.05) is 0 Å². The molecule has 0 saturated heterocycles. The number of aliphatic carboxylic acids is 1. The van der Waals surface area contributed by atoms with Gasteiger partial charge in [0.2, 0.25) is 0 Å². The number of hydrogen-bond donors (Lipinski definition) is 1. The van der Waals surface area contributed by atoms with Crippen molar-refractivity contribution < 1.29 is 9.90 Å². The standard InChI is InChI=1S/C16H20O2/c17-14(18)16(10-11-16)12-15(8-4-5-9-15)13-6-2-1-3-7-13/h1-3,6-7H,4-5,8-12H2,(H,17,18). The van der Waals surface area contributed by atoms with Crippen molar-refractivity contribution in [3.8, 4) is 0 Å². The number of benzene rings is 1. The molecule has 0 spiro atoms. The van der Waals surface area contributed by atoms with Gasteiger partial charge in [0.1, 0.15) is 0 Å². The Morgan fingerprint density at radius 3 is 2.17 bits per heavy atom. The second-order valence-corrected chi connectivity index (χ2v) is 6.12. The van der Waals surface area contributed by atoms with Crippen molar-refractivity contribution in [3.63, 3.8) is 0 Å². The fraction of sp³-hybridized carbons (Fsp3) is 0.562. The van der Waals surface area contributed by atoms with Gasteiger partial charge in [0.15, 0.2) is 0 Å². The molecular formula is C16H20O2. The first kappa shape index (κ1) is 11.8. The summed E-state index contributed by atoms with van der Waals surface area (Å²) in [5, 5.41) is 9.43. The van der Waals surface area contributed by atoms with Crippen LogP contribution in [0, 0.1) is 5.41 Å². The van der Waals surface area contributed by atoms with Crippen LogP contribution in [0.2, 0.25) is 0 Å². The maximum atomic E-state index is 11.4. The Hall–Kier alpha value is -1.31. The van der Waals surface area contributed by atoms with Gasteiger partial charge in [-0.3, -0.25) is 4.79 Å². The highest BCUT2D eigenvalue weighted by atomic mass is 16.4. The van der Waals surface area contributed by atoms with Gasteiger partial charge in [-0.2, -0.15) is 0 Å². The van der Waals surface area contributed by atoms with Crippen molar-refractivity contribution in [1.82, 2.24) is 0 Å². The Bertz CT molecular complexity index is 439. The van der Waals surface area contributed by atoms with Gasteiger partial charge in [0, 0.05) is 0 Å². The summed E-state index contributed by atoms with van der Waals surface area (Å²) in [6, 6.07) is 10.6. The highest BCUT2D eigenvalue weighted by molar-refractivity contribution is 5.78. The minimum absolute atomic E-state index is 0.135. The topological polar surface area (TPSA) is 37.3 Å². The van der Waals surface area contributed by atoms with E-state index >= 15 is 0 Å². The third-order valence-corrected chi connectivity index (χ3v) is 4.93. The van der Waals surface area contributed by atoms with Crippen LogP contribution in [0.25, 0.3) is 0 Å². The van der Waals surface area contributed by atoms with Crippen molar-refractivity contribution in [1.29, 1.82) is 0 Å². The Labute approximate surface area is 108 Å². The zero-order chi connectivity index (χ0) is 12.6. The average Bonchev–Trinajstić information content (AvgIpc) is 3.01. The molecule has 0 heterocycles. The predicted molar refractivity (Wildman–Crippen MR) is 70.5 cm³/mol. The highest BCUT2D eigenvalue weighted by Crippen LogP contribution is 2.58. The Kier molecular flexibility index (Phi) is 2.69. The smallest absolute Gasteiger partial charge is 0.309 e. The Morgan fingerprint density at radius 1 is 1.06 bits per heavy atom. The molecule has 18 heavy (non-hydrogen) atoms. The molecule has 0 amide bonds. The zero-order valence-corrected chi connectivity index (χ0v) is 10.7. The van der Waals surface area contributed by atoms with Crippen LogP contribution in [0.4, 0.5) is 0 Å². The molecule has 0 unspecified atom stereocenters. The molecule has 1 N–H and O–H groups in total. The van der Waals surface area contributed by atoms with E-state index in [9.17, 15) is 9.90 Å². The molecule has 2 aliphatic rings. The summed E-state index contributed by atoms with van der Waals surface area (Å²) in [6.45, 7) is 0. The lowest BCUT2D eigenvalue weighted by Crippen LogP contribution is -2.30. The molecule has 1 aromatic carbocycles. The van der Waals surface area contributed by atoms with E-state index < -0.39 is 11.4 Å². The van der Waals surface area contributed by atoms with Gasteiger partial charge >= 0.3 is 5.97 Å². The van der Waals surface area contributed by atoms with Gasteiger partial charge in [0.05, 0.1) is 5.41 Å². The van der Waals surface area contributed by atoms with Gasteiger partial charge in [-0.1, -0.05) is 43.2 Å². The molecule has 0 radical (unpaired) electrons. The van der Waals surface area contributed by atoms with Crippen LogP contribution in [-0.4, -0.2) is 11.1 Å². The average molecular weight is 244 g/mol. The molecule has 96 valence electrons. The molecule has 1 aromatic rings. The van der Waals surface area contributed by atoms with E-state index in [-0.39, 0.29) is 5.41 Å². The van der Waals surface area contributed by atoms with Gasteiger partial charge < -0.3 is 5.11 Å². The van der Waals surface area contributed by atoms with Crippen molar-refractivity contribution in [2.45, 2.75) is 50.4 Å². The Morgan fingerprint density at radius 2 is 1.67 bits per heavy atom. The van der Waals surface area contributed by atoms with Gasteiger partial charge in [-0.25, -0.2) is 0 Å². The van der Waals surface area contributed by atoms with E-state index in [0.717, 1.165) is 32.1 Å². The third kappa shape index (κ3) is 1.84. The minimum atomic E-state index is -0.579. The molecular weight excluding hydrogens is 224 g/mol.